The predicted molar refractivity (Wildman–Crippen MR) is 108 cm³/mol. The van der Waals surface area contributed by atoms with Gasteiger partial charge in [0.25, 0.3) is 0 Å². The zero-order valence-electron chi connectivity index (χ0n) is 15.8. The molecule has 1 N–H and O–H groups in total. The van der Waals surface area contributed by atoms with Crippen molar-refractivity contribution in [2.24, 2.45) is 5.92 Å². The molecule has 0 aromatic heterocycles. The van der Waals surface area contributed by atoms with Gasteiger partial charge < -0.3 is 10.2 Å². The number of carbonyl (C=O) groups excluding carboxylic acids is 2. The van der Waals surface area contributed by atoms with Gasteiger partial charge in [-0.2, -0.15) is 0 Å². The van der Waals surface area contributed by atoms with E-state index in [1.165, 1.54) is 5.56 Å². The van der Waals surface area contributed by atoms with Gasteiger partial charge >= 0.3 is 11.8 Å². The summed E-state index contributed by atoms with van der Waals surface area (Å²) >= 11 is 0. The van der Waals surface area contributed by atoms with Crippen molar-refractivity contribution in [2.75, 3.05) is 25.0 Å². The molecule has 5 nitrogen and oxygen atoms in total. The van der Waals surface area contributed by atoms with Gasteiger partial charge in [-0.15, -0.1) is 0 Å². The number of hydrogen-bond donors (Lipinski definition) is 1. The van der Waals surface area contributed by atoms with Crippen LogP contribution in [0.25, 0.3) is 0 Å². The molecule has 5 heteroatoms. The Morgan fingerprint density at radius 1 is 0.857 bits per heavy atom. The standard InChI is InChI=1S/C23H25N3O2/c27-22(24-18-9-5-2-6-10-18)23(28)26-15-19(16-7-3-1-4-8-16)21-20(26)17-11-13-25(21)14-12-17/h1-10,17,19-21H,11-15H2,(H,24,27)/t19-,20-,21-/m1/s1. The monoisotopic (exact) mass is 375 g/mol. The van der Waals surface area contributed by atoms with Crippen LogP contribution in [0.15, 0.2) is 60.7 Å². The molecule has 0 aliphatic carbocycles. The van der Waals surface area contributed by atoms with E-state index >= 15 is 0 Å². The molecule has 2 aromatic rings. The molecule has 0 unspecified atom stereocenters. The number of benzene rings is 2. The molecule has 0 saturated carbocycles. The average Bonchev–Trinajstić information content (AvgIpc) is 3.18. The van der Waals surface area contributed by atoms with Crippen molar-refractivity contribution in [2.45, 2.75) is 30.8 Å². The number of nitrogens with zero attached hydrogens (tertiary/aromatic N) is 2. The minimum absolute atomic E-state index is 0.140. The highest BCUT2D eigenvalue weighted by molar-refractivity contribution is 6.39. The first-order valence-corrected chi connectivity index (χ1v) is 10.2. The van der Waals surface area contributed by atoms with Crippen molar-refractivity contribution in [3.8, 4) is 0 Å². The maximum atomic E-state index is 13.2. The molecule has 4 aliphatic heterocycles. The fourth-order valence-electron chi connectivity index (χ4n) is 5.48. The molecule has 28 heavy (non-hydrogen) atoms. The summed E-state index contributed by atoms with van der Waals surface area (Å²) in [5.41, 5.74) is 1.92. The molecule has 2 amide bonds. The van der Waals surface area contributed by atoms with Gasteiger partial charge in [-0.3, -0.25) is 14.5 Å². The summed E-state index contributed by atoms with van der Waals surface area (Å²) in [5.74, 6) is -0.166. The average molecular weight is 375 g/mol. The minimum atomic E-state index is -0.532. The summed E-state index contributed by atoms with van der Waals surface area (Å²) < 4.78 is 0. The molecule has 2 aromatic carbocycles. The van der Waals surface area contributed by atoms with E-state index in [0.29, 0.717) is 24.2 Å². The molecule has 0 radical (unpaired) electrons. The summed E-state index contributed by atoms with van der Waals surface area (Å²) in [6, 6.07) is 20.1. The molecular weight excluding hydrogens is 350 g/mol. The lowest BCUT2D eigenvalue weighted by Gasteiger charge is -2.51. The second kappa shape index (κ2) is 7.06. The van der Waals surface area contributed by atoms with Gasteiger partial charge in [-0.05, 0) is 49.5 Å². The third kappa shape index (κ3) is 2.90. The Hall–Kier alpha value is -2.66. The van der Waals surface area contributed by atoms with Gasteiger partial charge in [0.1, 0.15) is 0 Å². The number of amides is 2. The second-order valence-corrected chi connectivity index (χ2v) is 8.15. The third-order valence-electron chi connectivity index (χ3n) is 6.71. The minimum Gasteiger partial charge on any atom is -0.329 e. The molecule has 144 valence electrons. The Bertz CT molecular complexity index is 862. The summed E-state index contributed by atoms with van der Waals surface area (Å²) in [7, 11) is 0. The Morgan fingerprint density at radius 2 is 1.50 bits per heavy atom. The van der Waals surface area contributed by atoms with E-state index < -0.39 is 11.8 Å². The van der Waals surface area contributed by atoms with Crippen molar-refractivity contribution < 1.29 is 9.59 Å². The van der Waals surface area contributed by atoms with Crippen LogP contribution in [0.5, 0.6) is 0 Å². The van der Waals surface area contributed by atoms with E-state index in [1.807, 2.05) is 29.2 Å². The van der Waals surface area contributed by atoms with Gasteiger partial charge in [0.15, 0.2) is 0 Å². The molecule has 4 saturated heterocycles. The van der Waals surface area contributed by atoms with E-state index in [2.05, 4.69) is 34.5 Å². The van der Waals surface area contributed by atoms with Crippen molar-refractivity contribution in [1.82, 2.24) is 9.80 Å². The van der Waals surface area contributed by atoms with Crippen molar-refractivity contribution in [3.63, 3.8) is 0 Å². The smallest absolute Gasteiger partial charge is 0.313 e. The highest BCUT2D eigenvalue weighted by Crippen LogP contribution is 2.46. The highest BCUT2D eigenvalue weighted by Gasteiger charge is 2.55. The normalized spacial score (nSPS) is 30.7. The molecular formula is C23H25N3O2. The first-order valence-electron chi connectivity index (χ1n) is 10.2. The summed E-state index contributed by atoms with van der Waals surface area (Å²) in [6.07, 6.45) is 2.24. The first-order chi connectivity index (χ1) is 13.7. The molecule has 2 bridgehead atoms. The number of para-hydroxylation sites is 1. The number of nitrogens with one attached hydrogen (secondary N) is 1. The largest absolute Gasteiger partial charge is 0.329 e. The topological polar surface area (TPSA) is 52.7 Å². The molecule has 3 atom stereocenters. The lowest BCUT2D eigenvalue weighted by atomic mass is 9.75. The van der Waals surface area contributed by atoms with Crippen LogP contribution in [0.2, 0.25) is 0 Å². The van der Waals surface area contributed by atoms with E-state index in [1.54, 1.807) is 12.1 Å². The van der Waals surface area contributed by atoms with E-state index in [9.17, 15) is 9.59 Å². The van der Waals surface area contributed by atoms with Crippen LogP contribution in [0, 0.1) is 5.92 Å². The van der Waals surface area contributed by atoms with Crippen molar-refractivity contribution >= 4 is 17.5 Å². The van der Waals surface area contributed by atoms with Crippen LogP contribution in [0.1, 0.15) is 24.3 Å². The number of carbonyl (C=O) groups is 2. The number of rotatable bonds is 2. The lowest BCUT2D eigenvalue weighted by molar-refractivity contribution is -0.146. The van der Waals surface area contributed by atoms with Crippen LogP contribution in [-0.2, 0) is 9.59 Å². The summed E-state index contributed by atoms with van der Waals surface area (Å²) in [5, 5.41) is 2.77. The van der Waals surface area contributed by atoms with Crippen LogP contribution >= 0.6 is 0 Å². The Morgan fingerprint density at radius 3 is 2.18 bits per heavy atom. The molecule has 6 rings (SSSR count). The van der Waals surface area contributed by atoms with Crippen LogP contribution < -0.4 is 5.32 Å². The van der Waals surface area contributed by atoms with Crippen molar-refractivity contribution in [3.05, 3.63) is 66.2 Å². The van der Waals surface area contributed by atoms with Crippen LogP contribution in [0.3, 0.4) is 0 Å². The second-order valence-electron chi connectivity index (χ2n) is 8.15. The summed E-state index contributed by atoms with van der Waals surface area (Å²) in [6.45, 7) is 2.83. The van der Waals surface area contributed by atoms with Crippen LogP contribution in [0.4, 0.5) is 5.69 Å². The SMILES string of the molecule is O=C(Nc1ccccc1)C(=O)N1C[C@H](c2ccccc2)[C@@H]2[C@H]1C1CCN2CC1. The van der Waals surface area contributed by atoms with Gasteiger partial charge in [0, 0.05) is 24.2 Å². The lowest BCUT2D eigenvalue weighted by Crippen LogP contribution is -2.61. The first kappa shape index (κ1) is 17.4. The van der Waals surface area contributed by atoms with E-state index in [0.717, 1.165) is 25.9 Å². The maximum absolute atomic E-state index is 13.2. The highest BCUT2D eigenvalue weighted by atomic mass is 16.2. The molecule has 4 aliphatic rings. The third-order valence-corrected chi connectivity index (χ3v) is 6.71. The van der Waals surface area contributed by atoms with E-state index in [-0.39, 0.29) is 12.0 Å². The predicted octanol–water partition coefficient (Wildman–Crippen LogP) is 2.71. The summed E-state index contributed by atoms with van der Waals surface area (Å²) in [4.78, 5) is 30.3. The van der Waals surface area contributed by atoms with Gasteiger partial charge in [-0.25, -0.2) is 0 Å². The van der Waals surface area contributed by atoms with Gasteiger partial charge in [0.2, 0.25) is 0 Å². The molecule has 4 heterocycles. The van der Waals surface area contributed by atoms with Crippen molar-refractivity contribution in [1.29, 1.82) is 0 Å². The fraction of sp³-hybridized carbons (Fsp3) is 0.391. The van der Waals surface area contributed by atoms with Gasteiger partial charge in [0.05, 0.1) is 6.04 Å². The van der Waals surface area contributed by atoms with Gasteiger partial charge in [-0.1, -0.05) is 48.5 Å². The maximum Gasteiger partial charge on any atom is 0.313 e. The number of anilines is 1. The molecule has 4 fully saturated rings. The van der Waals surface area contributed by atoms with Crippen LogP contribution in [-0.4, -0.2) is 53.3 Å². The zero-order chi connectivity index (χ0) is 19.1. The van der Waals surface area contributed by atoms with E-state index in [4.69, 9.17) is 0 Å². The number of likely N-dealkylation sites (tertiary alicyclic amines) is 1. The Balaban J connectivity index is 1.42. The molecule has 0 spiro atoms. The Labute approximate surface area is 165 Å². The number of hydrogen-bond acceptors (Lipinski definition) is 3. The Kier molecular flexibility index (Phi) is 4.40. The zero-order valence-corrected chi connectivity index (χ0v) is 15.8. The fourth-order valence-corrected chi connectivity index (χ4v) is 5.48. The number of piperidine rings is 3. The number of fused-ring (bicyclic) bond motifs is 2. The quantitative estimate of drug-likeness (QED) is 0.821.